The third kappa shape index (κ3) is 2.56. The highest BCUT2D eigenvalue weighted by Crippen LogP contribution is 2.21. The number of fused-ring (bicyclic) bond motifs is 1. The lowest BCUT2D eigenvalue weighted by Crippen LogP contribution is -2.10. The Morgan fingerprint density at radius 2 is 2.30 bits per heavy atom. The maximum atomic E-state index is 12.0. The van der Waals surface area contributed by atoms with Gasteiger partial charge >= 0.3 is 0 Å². The van der Waals surface area contributed by atoms with Gasteiger partial charge in [-0.2, -0.15) is 4.52 Å². The summed E-state index contributed by atoms with van der Waals surface area (Å²) in [5.41, 5.74) is 0. The van der Waals surface area contributed by atoms with E-state index in [9.17, 15) is 4.79 Å². The molecule has 0 fully saturated rings. The molecule has 1 N–H and O–H groups in total. The summed E-state index contributed by atoms with van der Waals surface area (Å²) in [7, 11) is 0. The van der Waals surface area contributed by atoms with E-state index >= 15 is 0 Å². The number of nitrogens with zero attached hydrogens (tertiary/aromatic N) is 4. The normalized spacial score (nSPS) is 11.3. The minimum atomic E-state index is -0.143. The van der Waals surface area contributed by atoms with Crippen molar-refractivity contribution in [1.82, 2.24) is 19.8 Å². The Morgan fingerprint density at radius 3 is 3.00 bits per heavy atom. The topological polar surface area (TPSA) is 72.2 Å². The Bertz CT molecular complexity index is 728. The first-order chi connectivity index (χ1) is 9.63. The summed E-state index contributed by atoms with van der Waals surface area (Å²) in [6, 6.07) is 3.63. The number of amides is 1. The largest absolute Gasteiger partial charge is 0.296 e. The second kappa shape index (κ2) is 5.29. The minimum Gasteiger partial charge on any atom is -0.296 e. The van der Waals surface area contributed by atoms with Crippen LogP contribution in [0.4, 0.5) is 5.13 Å². The quantitative estimate of drug-likeness (QED) is 0.804. The van der Waals surface area contributed by atoms with Crippen LogP contribution in [0.25, 0.3) is 4.96 Å². The van der Waals surface area contributed by atoms with E-state index in [0.29, 0.717) is 20.9 Å². The molecule has 3 rings (SSSR count). The monoisotopic (exact) mass is 307 g/mol. The van der Waals surface area contributed by atoms with Crippen molar-refractivity contribution in [1.29, 1.82) is 0 Å². The zero-order valence-corrected chi connectivity index (χ0v) is 12.7. The number of carbonyl (C=O) groups is 1. The van der Waals surface area contributed by atoms with Gasteiger partial charge in [-0.3, -0.25) is 10.1 Å². The summed E-state index contributed by atoms with van der Waals surface area (Å²) in [4.78, 5) is 13.3. The Kier molecular flexibility index (Phi) is 3.49. The minimum absolute atomic E-state index is 0.143. The second-order valence-corrected chi connectivity index (χ2v) is 6.65. The van der Waals surface area contributed by atoms with E-state index in [2.05, 4.69) is 34.5 Å². The zero-order chi connectivity index (χ0) is 14.1. The van der Waals surface area contributed by atoms with Gasteiger partial charge in [-0.25, -0.2) is 0 Å². The maximum Gasteiger partial charge on any atom is 0.267 e. The molecule has 104 valence electrons. The molecule has 1 amide bonds. The summed E-state index contributed by atoms with van der Waals surface area (Å²) in [5.74, 6) is 1.16. The fourth-order valence-corrected chi connectivity index (χ4v) is 3.14. The molecule has 0 aliphatic rings. The summed E-state index contributed by atoms with van der Waals surface area (Å²) in [6.45, 7) is 4.24. The van der Waals surface area contributed by atoms with Crippen LogP contribution >= 0.6 is 22.7 Å². The molecule has 3 aromatic rings. The first-order valence-corrected chi connectivity index (χ1v) is 7.89. The lowest BCUT2D eigenvalue weighted by molar-refractivity contribution is 0.103. The Hall–Kier alpha value is -1.80. The number of hydrogen-bond donors (Lipinski definition) is 1. The number of rotatable bonds is 4. The Balaban J connectivity index is 1.83. The predicted molar refractivity (Wildman–Crippen MR) is 79.5 cm³/mol. The van der Waals surface area contributed by atoms with Gasteiger partial charge in [0, 0.05) is 6.42 Å². The third-order valence-corrected chi connectivity index (χ3v) is 4.29. The van der Waals surface area contributed by atoms with Gasteiger partial charge in [0.15, 0.2) is 5.82 Å². The molecule has 3 aromatic heterocycles. The van der Waals surface area contributed by atoms with Crippen LogP contribution in [0.5, 0.6) is 0 Å². The van der Waals surface area contributed by atoms with Crippen molar-refractivity contribution in [3.05, 3.63) is 28.2 Å². The SMILES string of the molecule is CC(C)Cc1nnc2sc(NC(=O)c3cccs3)nn12. The standard InChI is InChI=1S/C12H13N5OS2/c1-7(2)6-9-14-15-12-17(9)16-11(20-12)13-10(18)8-4-3-5-19-8/h3-5,7H,6H2,1-2H3,(H,13,16,18). The molecule has 0 saturated heterocycles. The van der Waals surface area contributed by atoms with Crippen molar-refractivity contribution in [3.63, 3.8) is 0 Å². The molecule has 0 bridgehead atoms. The number of aromatic nitrogens is 4. The van der Waals surface area contributed by atoms with E-state index in [4.69, 9.17) is 0 Å². The van der Waals surface area contributed by atoms with E-state index in [1.807, 2.05) is 11.4 Å². The van der Waals surface area contributed by atoms with Gasteiger partial charge in [0.05, 0.1) is 4.88 Å². The first-order valence-electron chi connectivity index (χ1n) is 6.19. The lowest BCUT2D eigenvalue weighted by atomic mass is 10.1. The van der Waals surface area contributed by atoms with E-state index < -0.39 is 0 Å². The van der Waals surface area contributed by atoms with E-state index in [1.54, 1.807) is 10.6 Å². The van der Waals surface area contributed by atoms with Crippen LogP contribution in [0.15, 0.2) is 17.5 Å². The molecule has 0 aliphatic heterocycles. The molecule has 3 heterocycles. The van der Waals surface area contributed by atoms with Gasteiger partial charge in [-0.05, 0) is 17.4 Å². The molecular weight excluding hydrogens is 294 g/mol. The Morgan fingerprint density at radius 1 is 1.45 bits per heavy atom. The molecule has 0 saturated carbocycles. The van der Waals surface area contributed by atoms with E-state index in [0.717, 1.165) is 12.2 Å². The van der Waals surface area contributed by atoms with Crippen LogP contribution in [-0.2, 0) is 6.42 Å². The van der Waals surface area contributed by atoms with Crippen LogP contribution in [0.1, 0.15) is 29.3 Å². The van der Waals surface area contributed by atoms with Crippen LogP contribution < -0.4 is 5.32 Å². The predicted octanol–water partition coefficient (Wildman–Crippen LogP) is 2.70. The van der Waals surface area contributed by atoms with Crippen LogP contribution in [0, 0.1) is 5.92 Å². The number of thiophene rings is 1. The highest BCUT2D eigenvalue weighted by molar-refractivity contribution is 7.20. The van der Waals surface area contributed by atoms with Crippen molar-refractivity contribution in [2.45, 2.75) is 20.3 Å². The third-order valence-electron chi connectivity index (χ3n) is 2.61. The molecule has 0 spiro atoms. The zero-order valence-electron chi connectivity index (χ0n) is 11.0. The van der Waals surface area contributed by atoms with Gasteiger partial charge in [-0.1, -0.05) is 31.3 Å². The van der Waals surface area contributed by atoms with E-state index in [1.165, 1.54) is 22.7 Å². The Labute approximate surface area is 123 Å². The van der Waals surface area contributed by atoms with Gasteiger partial charge in [0.2, 0.25) is 10.1 Å². The van der Waals surface area contributed by atoms with Crippen molar-refractivity contribution >= 4 is 38.7 Å². The van der Waals surface area contributed by atoms with Crippen molar-refractivity contribution in [2.75, 3.05) is 5.32 Å². The molecule has 0 aromatic carbocycles. The first kappa shape index (κ1) is 13.2. The summed E-state index contributed by atoms with van der Waals surface area (Å²) in [6.07, 6.45) is 0.809. The van der Waals surface area contributed by atoms with Crippen LogP contribution in [-0.4, -0.2) is 25.7 Å². The fourth-order valence-electron chi connectivity index (χ4n) is 1.77. The summed E-state index contributed by atoms with van der Waals surface area (Å²) < 4.78 is 1.70. The van der Waals surface area contributed by atoms with Gasteiger partial charge in [0.25, 0.3) is 5.91 Å². The average molecular weight is 307 g/mol. The molecule has 0 aliphatic carbocycles. The number of nitrogens with one attached hydrogen (secondary N) is 1. The molecule has 0 atom stereocenters. The molecule has 6 nitrogen and oxygen atoms in total. The highest BCUT2D eigenvalue weighted by Gasteiger charge is 2.15. The number of carbonyl (C=O) groups excluding carboxylic acids is 1. The van der Waals surface area contributed by atoms with Crippen LogP contribution in [0.3, 0.4) is 0 Å². The summed E-state index contributed by atoms with van der Waals surface area (Å²) in [5, 5.41) is 17.8. The van der Waals surface area contributed by atoms with Crippen molar-refractivity contribution < 1.29 is 4.79 Å². The molecule has 0 unspecified atom stereocenters. The van der Waals surface area contributed by atoms with Crippen LogP contribution in [0.2, 0.25) is 0 Å². The van der Waals surface area contributed by atoms with Gasteiger partial charge in [-0.15, -0.1) is 26.6 Å². The molecule has 0 radical (unpaired) electrons. The average Bonchev–Trinajstić information content (AvgIpc) is 3.06. The molecular formula is C12H13N5OS2. The van der Waals surface area contributed by atoms with Gasteiger partial charge < -0.3 is 0 Å². The second-order valence-electron chi connectivity index (χ2n) is 4.75. The maximum absolute atomic E-state index is 12.0. The highest BCUT2D eigenvalue weighted by atomic mass is 32.1. The molecule has 8 heteroatoms. The molecule has 20 heavy (non-hydrogen) atoms. The number of anilines is 1. The lowest BCUT2D eigenvalue weighted by Gasteiger charge is -2.00. The fraction of sp³-hybridized carbons (Fsp3) is 0.333. The van der Waals surface area contributed by atoms with Gasteiger partial charge in [0.1, 0.15) is 0 Å². The van der Waals surface area contributed by atoms with Crippen molar-refractivity contribution in [2.24, 2.45) is 5.92 Å². The van der Waals surface area contributed by atoms with Crippen molar-refractivity contribution in [3.8, 4) is 0 Å². The summed E-state index contributed by atoms with van der Waals surface area (Å²) >= 11 is 2.72. The van der Waals surface area contributed by atoms with E-state index in [-0.39, 0.29) is 5.91 Å². The smallest absolute Gasteiger partial charge is 0.267 e. The number of hydrogen-bond acceptors (Lipinski definition) is 6.